The van der Waals surface area contributed by atoms with Crippen LogP contribution in [0.15, 0.2) is 16.6 Å². The van der Waals surface area contributed by atoms with E-state index in [1.54, 1.807) is 0 Å². The van der Waals surface area contributed by atoms with Crippen molar-refractivity contribution in [2.45, 2.75) is 6.43 Å². The molecule has 0 fully saturated rings. The number of hydrogen-bond donors (Lipinski definition) is 1. The molecule has 0 heterocycles. The normalized spacial score (nSPS) is 10.5. The summed E-state index contributed by atoms with van der Waals surface area (Å²) >= 11 is 2.95. The zero-order valence-corrected chi connectivity index (χ0v) is 9.22. The van der Waals surface area contributed by atoms with Crippen molar-refractivity contribution in [3.63, 3.8) is 0 Å². The minimum atomic E-state index is -2.76. The Morgan fingerprint density at radius 2 is 2.13 bits per heavy atom. The number of rotatable bonds is 3. The Morgan fingerprint density at radius 3 is 2.53 bits per heavy atom. The minimum absolute atomic E-state index is 0.154. The number of nitrogens with one attached hydrogen (secondary N) is 1. The molecule has 0 unspecified atom stereocenters. The Morgan fingerprint density at radius 1 is 1.53 bits per heavy atom. The summed E-state index contributed by atoms with van der Waals surface area (Å²) in [5.74, 6) is 0. The van der Waals surface area contributed by atoms with E-state index in [-0.39, 0.29) is 15.8 Å². The van der Waals surface area contributed by atoms with Crippen molar-refractivity contribution in [3.05, 3.63) is 32.3 Å². The molecule has 7 heteroatoms. The maximum absolute atomic E-state index is 12.6. The molecule has 82 valence electrons. The summed E-state index contributed by atoms with van der Waals surface area (Å²) in [6.45, 7) is 0. The Balaban J connectivity index is 3.45. The standard InChI is InChI=1S/C8H7BrF2N2O2/c1-12-7-5(8(10)11)2-4(9)3-6(7)13(14)15/h2-3,8,12H,1H3. The number of benzene rings is 1. The third-order valence-electron chi connectivity index (χ3n) is 1.79. The van der Waals surface area contributed by atoms with Gasteiger partial charge in [-0.05, 0) is 6.07 Å². The highest BCUT2D eigenvalue weighted by molar-refractivity contribution is 9.10. The maximum Gasteiger partial charge on any atom is 0.293 e. The van der Waals surface area contributed by atoms with Gasteiger partial charge >= 0.3 is 0 Å². The van der Waals surface area contributed by atoms with E-state index in [1.165, 1.54) is 13.1 Å². The summed E-state index contributed by atoms with van der Waals surface area (Å²) in [5.41, 5.74) is -0.918. The topological polar surface area (TPSA) is 55.2 Å². The summed E-state index contributed by atoms with van der Waals surface area (Å²) in [6.07, 6.45) is -2.76. The Hall–Kier alpha value is -1.24. The lowest BCUT2D eigenvalue weighted by atomic mass is 10.1. The van der Waals surface area contributed by atoms with Gasteiger partial charge in [0.1, 0.15) is 5.69 Å². The van der Waals surface area contributed by atoms with E-state index >= 15 is 0 Å². The zero-order valence-electron chi connectivity index (χ0n) is 7.63. The van der Waals surface area contributed by atoms with Crippen LogP contribution in [0, 0.1) is 10.1 Å². The number of nitrogens with zero attached hydrogens (tertiary/aromatic N) is 1. The van der Waals surface area contributed by atoms with Crippen molar-refractivity contribution in [2.24, 2.45) is 0 Å². The number of halogens is 3. The average molecular weight is 281 g/mol. The molecule has 0 aliphatic rings. The van der Waals surface area contributed by atoms with Crippen molar-refractivity contribution in [1.29, 1.82) is 0 Å². The first-order valence-electron chi connectivity index (χ1n) is 3.91. The van der Waals surface area contributed by atoms with Crippen LogP contribution in [-0.4, -0.2) is 12.0 Å². The fourth-order valence-electron chi connectivity index (χ4n) is 1.20. The van der Waals surface area contributed by atoms with E-state index in [0.29, 0.717) is 0 Å². The van der Waals surface area contributed by atoms with Crippen molar-refractivity contribution in [3.8, 4) is 0 Å². The van der Waals surface area contributed by atoms with Crippen molar-refractivity contribution in [2.75, 3.05) is 12.4 Å². The first-order valence-corrected chi connectivity index (χ1v) is 4.70. The van der Waals surface area contributed by atoms with Crippen LogP contribution >= 0.6 is 15.9 Å². The first kappa shape index (κ1) is 11.8. The molecular formula is C8H7BrF2N2O2. The molecule has 15 heavy (non-hydrogen) atoms. The van der Waals surface area contributed by atoms with Crippen molar-refractivity contribution >= 4 is 27.3 Å². The summed E-state index contributed by atoms with van der Waals surface area (Å²) in [7, 11) is 1.36. The summed E-state index contributed by atoms with van der Waals surface area (Å²) in [6, 6.07) is 2.33. The largest absolute Gasteiger partial charge is 0.382 e. The van der Waals surface area contributed by atoms with Crippen LogP contribution in [0.1, 0.15) is 12.0 Å². The van der Waals surface area contributed by atoms with Crippen LogP contribution < -0.4 is 5.32 Å². The van der Waals surface area contributed by atoms with Gasteiger partial charge in [-0.25, -0.2) is 8.78 Å². The lowest BCUT2D eigenvalue weighted by Gasteiger charge is -2.09. The molecule has 1 aromatic carbocycles. The van der Waals surface area contributed by atoms with Gasteiger partial charge in [0.15, 0.2) is 0 Å². The molecule has 0 radical (unpaired) electrons. The fourth-order valence-corrected chi connectivity index (χ4v) is 1.67. The SMILES string of the molecule is CNc1c(C(F)F)cc(Br)cc1[N+](=O)[O-]. The van der Waals surface area contributed by atoms with Crippen LogP contribution in [0.4, 0.5) is 20.2 Å². The number of hydrogen-bond acceptors (Lipinski definition) is 3. The second-order valence-electron chi connectivity index (χ2n) is 2.70. The monoisotopic (exact) mass is 280 g/mol. The van der Waals surface area contributed by atoms with Crippen LogP contribution in [0.5, 0.6) is 0 Å². The van der Waals surface area contributed by atoms with E-state index in [0.717, 1.165) is 6.07 Å². The lowest BCUT2D eigenvalue weighted by molar-refractivity contribution is -0.384. The first-order chi connectivity index (χ1) is 6.97. The number of nitro groups is 1. The molecule has 1 N–H and O–H groups in total. The molecule has 0 bridgehead atoms. The molecule has 0 saturated heterocycles. The molecule has 0 atom stereocenters. The number of alkyl halides is 2. The zero-order chi connectivity index (χ0) is 11.6. The van der Waals surface area contributed by atoms with Gasteiger partial charge in [-0.1, -0.05) is 15.9 Å². The molecule has 0 aromatic heterocycles. The average Bonchev–Trinajstić information content (AvgIpc) is 2.16. The molecule has 0 saturated carbocycles. The summed E-state index contributed by atoms with van der Waals surface area (Å²) in [5, 5.41) is 13.0. The third-order valence-corrected chi connectivity index (χ3v) is 2.25. The van der Waals surface area contributed by atoms with Gasteiger partial charge in [-0.2, -0.15) is 0 Å². The van der Waals surface area contributed by atoms with Crippen LogP contribution in [0.3, 0.4) is 0 Å². The number of nitro benzene ring substituents is 1. The summed E-state index contributed by atoms with van der Waals surface area (Å²) < 4.78 is 25.4. The van der Waals surface area contributed by atoms with Gasteiger partial charge in [0.2, 0.25) is 0 Å². The van der Waals surface area contributed by atoms with Crippen LogP contribution in [0.25, 0.3) is 0 Å². The highest BCUT2D eigenvalue weighted by atomic mass is 79.9. The summed E-state index contributed by atoms with van der Waals surface area (Å²) in [4.78, 5) is 9.90. The fraction of sp³-hybridized carbons (Fsp3) is 0.250. The molecule has 0 aliphatic carbocycles. The quantitative estimate of drug-likeness (QED) is 0.682. The molecule has 1 rings (SSSR count). The van der Waals surface area contributed by atoms with E-state index in [2.05, 4.69) is 21.2 Å². The molecule has 0 amide bonds. The lowest BCUT2D eigenvalue weighted by Crippen LogP contribution is -2.01. The van der Waals surface area contributed by atoms with Crippen molar-refractivity contribution in [1.82, 2.24) is 0 Å². The molecule has 0 aliphatic heterocycles. The minimum Gasteiger partial charge on any atom is -0.382 e. The van der Waals surface area contributed by atoms with E-state index in [9.17, 15) is 18.9 Å². The van der Waals surface area contributed by atoms with E-state index in [4.69, 9.17) is 0 Å². The van der Waals surface area contributed by atoms with Gasteiger partial charge in [-0.3, -0.25) is 10.1 Å². The van der Waals surface area contributed by atoms with Crippen molar-refractivity contribution < 1.29 is 13.7 Å². The Kier molecular flexibility index (Phi) is 3.57. The van der Waals surface area contributed by atoms with Gasteiger partial charge in [0, 0.05) is 23.2 Å². The predicted molar refractivity (Wildman–Crippen MR) is 55.3 cm³/mol. The van der Waals surface area contributed by atoms with Gasteiger partial charge in [0.05, 0.1) is 4.92 Å². The van der Waals surface area contributed by atoms with E-state index in [1.807, 2.05) is 0 Å². The van der Waals surface area contributed by atoms with Crippen LogP contribution in [-0.2, 0) is 0 Å². The van der Waals surface area contributed by atoms with Crippen LogP contribution in [0.2, 0.25) is 0 Å². The predicted octanol–water partition coefficient (Wildman–Crippen LogP) is 3.34. The third kappa shape index (κ3) is 2.41. The smallest absolute Gasteiger partial charge is 0.293 e. The second kappa shape index (κ2) is 4.52. The second-order valence-corrected chi connectivity index (χ2v) is 3.61. The van der Waals surface area contributed by atoms with Gasteiger partial charge < -0.3 is 5.32 Å². The highest BCUT2D eigenvalue weighted by Crippen LogP contribution is 2.37. The maximum atomic E-state index is 12.6. The van der Waals surface area contributed by atoms with Gasteiger partial charge in [0.25, 0.3) is 12.1 Å². The molecule has 1 aromatic rings. The number of anilines is 1. The van der Waals surface area contributed by atoms with Gasteiger partial charge in [-0.15, -0.1) is 0 Å². The Labute approximate surface area is 92.6 Å². The molecule has 4 nitrogen and oxygen atoms in total. The molecular weight excluding hydrogens is 274 g/mol. The highest BCUT2D eigenvalue weighted by Gasteiger charge is 2.22. The van der Waals surface area contributed by atoms with E-state index < -0.39 is 16.9 Å². The molecule has 0 spiro atoms. The Bertz CT molecular complexity index is 398.